The molecule has 1 aromatic heterocycles. The van der Waals surface area contributed by atoms with Gasteiger partial charge in [0.05, 0.1) is 0 Å². The van der Waals surface area contributed by atoms with Crippen LogP contribution in [0.5, 0.6) is 0 Å². The van der Waals surface area contributed by atoms with Crippen molar-refractivity contribution < 1.29 is 9.18 Å². The van der Waals surface area contributed by atoms with E-state index in [-0.39, 0.29) is 11.7 Å². The van der Waals surface area contributed by atoms with Crippen LogP contribution in [-0.4, -0.2) is 15.9 Å². The maximum atomic E-state index is 13.5. The second kappa shape index (κ2) is 7.49. The zero-order valence-electron chi connectivity index (χ0n) is 13.6. The maximum Gasteiger partial charge on any atom is 0.221 e. The van der Waals surface area contributed by atoms with Crippen LogP contribution in [0.15, 0.2) is 48.7 Å². The highest BCUT2D eigenvalue weighted by Crippen LogP contribution is 2.21. The number of aryl methyl sites for hydroxylation is 2. The minimum Gasteiger partial charge on any atom is -0.342 e. The number of aromatic nitrogens is 2. The Morgan fingerprint density at radius 1 is 1.20 bits per heavy atom. The zero-order valence-corrected chi connectivity index (χ0v) is 14.4. The fourth-order valence-corrected chi connectivity index (χ4v) is 2.72. The number of amides is 1. The van der Waals surface area contributed by atoms with Crippen LogP contribution < -0.4 is 5.32 Å². The van der Waals surface area contributed by atoms with E-state index in [0.717, 1.165) is 22.6 Å². The summed E-state index contributed by atoms with van der Waals surface area (Å²) in [7, 11) is 0. The summed E-state index contributed by atoms with van der Waals surface area (Å²) < 4.78 is 13.5. The SMILES string of the molecule is CC(=O)Nc1ccc(F)cc1CCc1cnc(-c2ccc(Cl)cc2)[nH]1. The highest BCUT2D eigenvalue weighted by molar-refractivity contribution is 6.30. The molecule has 0 aliphatic rings. The van der Waals surface area contributed by atoms with Crippen molar-refractivity contribution in [1.82, 2.24) is 9.97 Å². The minimum absolute atomic E-state index is 0.181. The van der Waals surface area contributed by atoms with Gasteiger partial charge in [-0.15, -0.1) is 0 Å². The zero-order chi connectivity index (χ0) is 17.8. The first-order valence-corrected chi connectivity index (χ1v) is 8.25. The number of aromatic amines is 1. The van der Waals surface area contributed by atoms with Crippen molar-refractivity contribution in [2.45, 2.75) is 19.8 Å². The predicted molar refractivity (Wildman–Crippen MR) is 97.1 cm³/mol. The Balaban J connectivity index is 1.73. The summed E-state index contributed by atoms with van der Waals surface area (Å²) in [5.74, 6) is 0.253. The number of carbonyl (C=O) groups excluding carboxylic acids is 1. The van der Waals surface area contributed by atoms with Crippen LogP contribution in [0.1, 0.15) is 18.2 Å². The molecule has 1 amide bonds. The summed E-state index contributed by atoms with van der Waals surface area (Å²) in [6.07, 6.45) is 2.99. The second-order valence-electron chi connectivity index (χ2n) is 5.75. The average Bonchev–Trinajstić information content (AvgIpc) is 3.04. The second-order valence-corrected chi connectivity index (χ2v) is 6.18. The molecule has 25 heavy (non-hydrogen) atoms. The lowest BCUT2D eigenvalue weighted by Crippen LogP contribution is -2.09. The van der Waals surface area contributed by atoms with E-state index in [0.29, 0.717) is 23.6 Å². The minimum atomic E-state index is -0.324. The first kappa shape index (κ1) is 17.2. The van der Waals surface area contributed by atoms with Crippen LogP contribution in [-0.2, 0) is 17.6 Å². The molecule has 0 aliphatic carbocycles. The van der Waals surface area contributed by atoms with Crippen molar-refractivity contribution in [3.8, 4) is 11.4 Å². The van der Waals surface area contributed by atoms with Crippen LogP contribution >= 0.6 is 11.6 Å². The third-order valence-corrected chi connectivity index (χ3v) is 4.04. The standard InChI is InChI=1S/C19H17ClFN3O/c1-12(25)23-18-9-7-16(21)10-14(18)4-8-17-11-22-19(24-17)13-2-5-15(20)6-3-13/h2-3,5-7,9-11H,4,8H2,1H3,(H,22,24)(H,23,25). The lowest BCUT2D eigenvalue weighted by atomic mass is 10.1. The highest BCUT2D eigenvalue weighted by atomic mass is 35.5. The van der Waals surface area contributed by atoms with Gasteiger partial charge < -0.3 is 10.3 Å². The summed E-state index contributed by atoms with van der Waals surface area (Å²) in [5, 5.41) is 3.40. The van der Waals surface area contributed by atoms with Crippen LogP contribution in [0, 0.1) is 5.82 Å². The van der Waals surface area contributed by atoms with Crippen molar-refractivity contribution in [2.75, 3.05) is 5.32 Å². The van der Waals surface area contributed by atoms with Gasteiger partial charge >= 0.3 is 0 Å². The Hall–Kier alpha value is -2.66. The Morgan fingerprint density at radius 2 is 1.96 bits per heavy atom. The number of nitrogens with one attached hydrogen (secondary N) is 2. The quantitative estimate of drug-likeness (QED) is 0.700. The van der Waals surface area contributed by atoms with Gasteiger partial charge in [0, 0.05) is 35.1 Å². The van der Waals surface area contributed by atoms with Crippen molar-refractivity contribution in [1.29, 1.82) is 0 Å². The molecule has 0 spiro atoms. The molecule has 0 bridgehead atoms. The summed E-state index contributed by atoms with van der Waals surface area (Å²) in [5.41, 5.74) is 3.26. The Kier molecular flexibility index (Phi) is 5.14. The molecule has 3 rings (SSSR count). The van der Waals surface area contributed by atoms with E-state index in [1.54, 1.807) is 12.3 Å². The van der Waals surface area contributed by atoms with E-state index in [9.17, 15) is 9.18 Å². The van der Waals surface area contributed by atoms with Gasteiger partial charge in [-0.3, -0.25) is 4.79 Å². The summed E-state index contributed by atoms with van der Waals surface area (Å²) in [6, 6.07) is 11.8. The topological polar surface area (TPSA) is 57.8 Å². The molecule has 2 N–H and O–H groups in total. The number of hydrogen-bond acceptors (Lipinski definition) is 2. The summed E-state index contributed by atoms with van der Waals surface area (Å²) in [6.45, 7) is 1.43. The van der Waals surface area contributed by atoms with E-state index in [1.165, 1.54) is 19.1 Å². The molecular weight excluding hydrogens is 341 g/mol. The highest BCUT2D eigenvalue weighted by Gasteiger charge is 2.08. The van der Waals surface area contributed by atoms with Crippen LogP contribution in [0.25, 0.3) is 11.4 Å². The fraction of sp³-hybridized carbons (Fsp3) is 0.158. The van der Waals surface area contributed by atoms with Crippen LogP contribution in [0.2, 0.25) is 5.02 Å². The number of H-pyrrole nitrogens is 1. The first-order chi connectivity index (χ1) is 12.0. The molecule has 0 saturated carbocycles. The molecule has 0 fully saturated rings. The number of benzene rings is 2. The van der Waals surface area contributed by atoms with E-state index in [2.05, 4.69) is 15.3 Å². The van der Waals surface area contributed by atoms with Gasteiger partial charge in [-0.25, -0.2) is 9.37 Å². The number of carbonyl (C=O) groups is 1. The Labute approximate surface area is 150 Å². The van der Waals surface area contributed by atoms with Crippen molar-refractivity contribution in [3.05, 3.63) is 70.8 Å². The lowest BCUT2D eigenvalue weighted by Gasteiger charge is -2.09. The third-order valence-electron chi connectivity index (χ3n) is 3.79. The van der Waals surface area contributed by atoms with Crippen molar-refractivity contribution in [3.63, 3.8) is 0 Å². The predicted octanol–water partition coefficient (Wildman–Crippen LogP) is 4.61. The number of nitrogens with zero attached hydrogens (tertiary/aromatic N) is 1. The smallest absolute Gasteiger partial charge is 0.221 e. The summed E-state index contributed by atoms with van der Waals surface area (Å²) in [4.78, 5) is 18.9. The third kappa shape index (κ3) is 4.45. The molecule has 128 valence electrons. The Morgan fingerprint density at radius 3 is 2.68 bits per heavy atom. The van der Waals surface area contributed by atoms with Gasteiger partial charge in [0.1, 0.15) is 11.6 Å². The fourth-order valence-electron chi connectivity index (χ4n) is 2.59. The monoisotopic (exact) mass is 357 g/mol. The molecule has 0 radical (unpaired) electrons. The number of rotatable bonds is 5. The molecule has 2 aromatic carbocycles. The van der Waals surface area contributed by atoms with E-state index in [1.807, 2.05) is 24.3 Å². The first-order valence-electron chi connectivity index (χ1n) is 7.87. The molecule has 0 atom stereocenters. The van der Waals surface area contributed by atoms with Crippen molar-refractivity contribution in [2.24, 2.45) is 0 Å². The molecule has 4 nitrogen and oxygen atoms in total. The molecule has 3 aromatic rings. The Bertz CT molecular complexity index is 890. The van der Waals surface area contributed by atoms with E-state index < -0.39 is 0 Å². The number of anilines is 1. The van der Waals surface area contributed by atoms with E-state index >= 15 is 0 Å². The van der Waals surface area contributed by atoms with Gasteiger partial charge in [-0.1, -0.05) is 11.6 Å². The molecular formula is C19H17ClFN3O. The normalized spacial score (nSPS) is 10.7. The van der Waals surface area contributed by atoms with Gasteiger partial charge in [-0.2, -0.15) is 0 Å². The van der Waals surface area contributed by atoms with Gasteiger partial charge in [0.15, 0.2) is 0 Å². The van der Waals surface area contributed by atoms with Gasteiger partial charge in [0.25, 0.3) is 0 Å². The number of imidazole rings is 1. The number of hydrogen-bond donors (Lipinski definition) is 2. The molecule has 0 saturated heterocycles. The van der Waals surface area contributed by atoms with Crippen LogP contribution in [0.3, 0.4) is 0 Å². The molecule has 1 heterocycles. The average molecular weight is 358 g/mol. The largest absolute Gasteiger partial charge is 0.342 e. The molecule has 6 heteroatoms. The van der Waals surface area contributed by atoms with Gasteiger partial charge in [-0.05, 0) is 60.9 Å². The number of halogens is 2. The van der Waals surface area contributed by atoms with E-state index in [4.69, 9.17) is 11.6 Å². The molecule has 0 unspecified atom stereocenters. The molecule has 0 aliphatic heterocycles. The lowest BCUT2D eigenvalue weighted by molar-refractivity contribution is -0.114. The van der Waals surface area contributed by atoms with Crippen molar-refractivity contribution >= 4 is 23.2 Å². The van der Waals surface area contributed by atoms with Crippen LogP contribution in [0.4, 0.5) is 10.1 Å². The van der Waals surface area contributed by atoms with Gasteiger partial charge in [0.2, 0.25) is 5.91 Å². The summed E-state index contributed by atoms with van der Waals surface area (Å²) >= 11 is 5.89. The maximum absolute atomic E-state index is 13.5.